The van der Waals surface area contributed by atoms with Crippen LogP contribution in [0.4, 0.5) is 0 Å². The highest BCUT2D eigenvalue weighted by Crippen LogP contribution is 2.27. The maximum Gasteiger partial charge on any atom is 0.323 e. The highest BCUT2D eigenvalue weighted by molar-refractivity contribution is 6.77. The fraction of sp³-hybridized carbons (Fsp3) is 0.350. The summed E-state index contributed by atoms with van der Waals surface area (Å²) in [6.45, 7) is 7.29. The topological polar surface area (TPSA) is 52.3 Å². The average Bonchev–Trinajstić information content (AvgIpc) is 2.55. The first kappa shape index (κ1) is 18.4. The molecule has 0 amide bonds. The first-order valence-electron chi connectivity index (χ1n) is 8.39. The SMILES string of the molecule is C[Si](C)(C)C(COC(=O)[C@H](N)Cc1ccccc1)c1ccccc1. The third kappa shape index (κ3) is 5.32. The number of nitrogens with two attached hydrogens (primary N) is 1. The van der Waals surface area contributed by atoms with Crippen LogP contribution in [-0.2, 0) is 16.0 Å². The Morgan fingerprint density at radius 3 is 2.08 bits per heavy atom. The average molecular weight is 342 g/mol. The molecule has 24 heavy (non-hydrogen) atoms. The van der Waals surface area contributed by atoms with Crippen LogP contribution < -0.4 is 5.73 Å². The third-order valence-electron chi connectivity index (χ3n) is 4.24. The van der Waals surface area contributed by atoms with Crippen molar-refractivity contribution in [1.29, 1.82) is 0 Å². The van der Waals surface area contributed by atoms with Crippen molar-refractivity contribution in [2.75, 3.05) is 6.61 Å². The van der Waals surface area contributed by atoms with Crippen molar-refractivity contribution in [2.24, 2.45) is 5.73 Å². The van der Waals surface area contributed by atoms with Gasteiger partial charge in [0.05, 0.1) is 14.7 Å². The van der Waals surface area contributed by atoms with E-state index in [9.17, 15) is 4.79 Å². The van der Waals surface area contributed by atoms with E-state index in [2.05, 4.69) is 31.8 Å². The van der Waals surface area contributed by atoms with E-state index in [0.29, 0.717) is 13.0 Å². The maximum absolute atomic E-state index is 12.3. The second-order valence-electron chi connectivity index (χ2n) is 7.26. The molecule has 2 aromatic carbocycles. The molecule has 128 valence electrons. The van der Waals surface area contributed by atoms with E-state index >= 15 is 0 Å². The molecule has 2 aromatic rings. The van der Waals surface area contributed by atoms with Crippen molar-refractivity contribution in [1.82, 2.24) is 0 Å². The summed E-state index contributed by atoms with van der Waals surface area (Å²) < 4.78 is 5.59. The quantitative estimate of drug-likeness (QED) is 0.616. The smallest absolute Gasteiger partial charge is 0.323 e. The lowest BCUT2D eigenvalue weighted by molar-refractivity contribution is -0.145. The van der Waals surface area contributed by atoms with Gasteiger partial charge in [-0.15, -0.1) is 0 Å². The fourth-order valence-electron chi connectivity index (χ4n) is 2.76. The number of carbonyl (C=O) groups is 1. The standard InChI is InChI=1S/C20H27NO2Si/c1-24(2,3)19(17-12-8-5-9-13-17)15-23-20(22)18(21)14-16-10-6-4-7-11-16/h4-13,18-19H,14-15,21H2,1-3H3/t18-,19?/m1/s1. The molecule has 1 unspecified atom stereocenters. The third-order valence-corrected chi connectivity index (χ3v) is 6.83. The minimum Gasteiger partial charge on any atom is -0.464 e. The number of hydrogen-bond donors (Lipinski definition) is 1. The van der Waals surface area contributed by atoms with Gasteiger partial charge in [-0.1, -0.05) is 80.3 Å². The van der Waals surface area contributed by atoms with Gasteiger partial charge in [-0.05, 0) is 17.5 Å². The maximum atomic E-state index is 12.3. The van der Waals surface area contributed by atoms with Crippen LogP contribution in [0.2, 0.25) is 19.6 Å². The fourth-order valence-corrected chi connectivity index (χ4v) is 4.53. The molecule has 0 aromatic heterocycles. The molecule has 0 aliphatic carbocycles. The zero-order valence-corrected chi connectivity index (χ0v) is 15.7. The minimum atomic E-state index is -1.52. The number of rotatable bonds is 7. The van der Waals surface area contributed by atoms with Crippen molar-refractivity contribution in [3.8, 4) is 0 Å². The molecule has 0 saturated heterocycles. The summed E-state index contributed by atoms with van der Waals surface area (Å²) in [5.74, 6) is -0.321. The first-order valence-corrected chi connectivity index (χ1v) is 12.0. The molecule has 0 heterocycles. The van der Waals surface area contributed by atoms with Crippen molar-refractivity contribution in [3.63, 3.8) is 0 Å². The molecule has 0 bridgehead atoms. The van der Waals surface area contributed by atoms with Crippen molar-refractivity contribution in [2.45, 2.75) is 37.6 Å². The summed E-state index contributed by atoms with van der Waals surface area (Å²) in [5, 5.41) is 0. The Bertz CT molecular complexity index is 638. The Kier molecular flexibility index (Phi) is 6.34. The first-order chi connectivity index (χ1) is 11.4. The predicted molar refractivity (Wildman–Crippen MR) is 102 cm³/mol. The predicted octanol–water partition coefficient (Wildman–Crippen LogP) is 3.76. The largest absolute Gasteiger partial charge is 0.464 e. The molecule has 4 heteroatoms. The van der Waals surface area contributed by atoms with Gasteiger partial charge in [0, 0.05) is 5.54 Å². The second kappa shape index (κ2) is 8.26. The van der Waals surface area contributed by atoms with Gasteiger partial charge in [0.15, 0.2) is 0 Å². The summed E-state index contributed by atoms with van der Waals surface area (Å²) >= 11 is 0. The Hall–Kier alpha value is -1.91. The van der Waals surface area contributed by atoms with Crippen LogP contribution >= 0.6 is 0 Å². The van der Waals surface area contributed by atoms with Crippen LogP contribution in [0.3, 0.4) is 0 Å². The van der Waals surface area contributed by atoms with E-state index < -0.39 is 14.1 Å². The lowest BCUT2D eigenvalue weighted by Crippen LogP contribution is -2.39. The second-order valence-corrected chi connectivity index (χ2v) is 12.7. The zero-order chi connectivity index (χ0) is 17.6. The molecule has 2 atom stereocenters. The van der Waals surface area contributed by atoms with Crippen LogP contribution in [-0.4, -0.2) is 26.7 Å². The Labute approximate surface area is 145 Å². The van der Waals surface area contributed by atoms with E-state index in [4.69, 9.17) is 10.5 Å². The molecule has 0 aliphatic rings. The van der Waals surface area contributed by atoms with Crippen LogP contribution in [0.15, 0.2) is 60.7 Å². The van der Waals surface area contributed by atoms with Crippen LogP contribution in [0.1, 0.15) is 16.7 Å². The summed E-state index contributed by atoms with van der Waals surface area (Å²) in [6.07, 6.45) is 0.503. The Morgan fingerprint density at radius 1 is 1.00 bits per heavy atom. The van der Waals surface area contributed by atoms with Gasteiger partial charge in [-0.25, -0.2) is 0 Å². The molecular formula is C20H27NO2Si. The zero-order valence-electron chi connectivity index (χ0n) is 14.7. The Morgan fingerprint density at radius 2 is 1.54 bits per heavy atom. The highest BCUT2D eigenvalue weighted by Gasteiger charge is 2.30. The van der Waals surface area contributed by atoms with Crippen LogP contribution in [0.25, 0.3) is 0 Å². The van der Waals surface area contributed by atoms with Gasteiger partial charge in [-0.3, -0.25) is 4.79 Å². The lowest BCUT2D eigenvalue weighted by Gasteiger charge is -2.29. The summed E-state index contributed by atoms with van der Waals surface area (Å²) in [5.41, 5.74) is 8.58. The minimum absolute atomic E-state index is 0.270. The van der Waals surface area contributed by atoms with Gasteiger partial charge < -0.3 is 10.5 Å². The van der Waals surface area contributed by atoms with E-state index in [0.717, 1.165) is 5.56 Å². The van der Waals surface area contributed by atoms with Gasteiger partial charge in [-0.2, -0.15) is 0 Å². The van der Waals surface area contributed by atoms with E-state index in [1.54, 1.807) is 0 Å². The normalized spacial score (nSPS) is 14.0. The van der Waals surface area contributed by atoms with Crippen LogP contribution in [0.5, 0.6) is 0 Å². The van der Waals surface area contributed by atoms with E-state index in [1.165, 1.54) is 5.56 Å². The van der Waals surface area contributed by atoms with E-state index in [-0.39, 0.29) is 11.5 Å². The number of carbonyl (C=O) groups excluding carboxylic acids is 1. The van der Waals surface area contributed by atoms with E-state index in [1.807, 2.05) is 48.5 Å². The summed E-state index contributed by atoms with van der Waals surface area (Å²) in [6, 6.07) is 19.5. The Balaban J connectivity index is 1.97. The van der Waals surface area contributed by atoms with Gasteiger partial charge in [0.2, 0.25) is 0 Å². The molecule has 0 aliphatic heterocycles. The van der Waals surface area contributed by atoms with Crippen LogP contribution in [0, 0.1) is 0 Å². The summed E-state index contributed by atoms with van der Waals surface area (Å²) in [7, 11) is -1.52. The highest BCUT2D eigenvalue weighted by atomic mass is 28.3. The van der Waals surface area contributed by atoms with Crippen molar-refractivity contribution < 1.29 is 9.53 Å². The lowest BCUT2D eigenvalue weighted by atomic mass is 10.1. The summed E-state index contributed by atoms with van der Waals surface area (Å²) in [4.78, 5) is 12.3. The number of hydrogen-bond acceptors (Lipinski definition) is 3. The number of esters is 1. The molecule has 0 saturated carbocycles. The molecule has 3 nitrogen and oxygen atoms in total. The monoisotopic (exact) mass is 341 g/mol. The molecule has 2 N–H and O–H groups in total. The molecule has 0 fully saturated rings. The van der Waals surface area contributed by atoms with Crippen molar-refractivity contribution in [3.05, 3.63) is 71.8 Å². The van der Waals surface area contributed by atoms with Gasteiger partial charge >= 0.3 is 5.97 Å². The molecule has 0 spiro atoms. The van der Waals surface area contributed by atoms with Gasteiger partial charge in [0.1, 0.15) is 6.04 Å². The molecule has 2 rings (SSSR count). The number of benzene rings is 2. The molecule has 0 radical (unpaired) electrons. The van der Waals surface area contributed by atoms with Crippen molar-refractivity contribution >= 4 is 14.0 Å². The number of ether oxygens (including phenoxy) is 1. The molecular weight excluding hydrogens is 314 g/mol. The van der Waals surface area contributed by atoms with Gasteiger partial charge in [0.25, 0.3) is 0 Å².